The predicted molar refractivity (Wildman–Crippen MR) is 75.9 cm³/mol. The third-order valence-corrected chi connectivity index (χ3v) is 3.72. The molecule has 0 saturated heterocycles. The number of nitrogens with zero attached hydrogens (tertiary/aromatic N) is 1. The van der Waals surface area contributed by atoms with E-state index in [4.69, 9.17) is 4.74 Å². The topological polar surface area (TPSA) is 34.1 Å². The number of anilines is 1. The van der Waals surface area contributed by atoms with E-state index >= 15 is 0 Å². The largest absolute Gasteiger partial charge is 0.372 e. The zero-order valence-corrected chi connectivity index (χ0v) is 11.8. The Morgan fingerprint density at radius 3 is 2.67 bits per heavy atom. The predicted octanol–water partition coefficient (Wildman–Crippen LogP) is 3.64. The molecule has 0 radical (unpaired) electrons. The van der Waals surface area contributed by atoms with Crippen molar-refractivity contribution in [2.75, 3.05) is 12.4 Å². The van der Waals surface area contributed by atoms with E-state index in [1.54, 1.807) is 18.4 Å². The van der Waals surface area contributed by atoms with Crippen molar-refractivity contribution in [2.24, 2.45) is 0 Å². The fourth-order valence-corrected chi connectivity index (χ4v) is 2.38. The lowest BCUT2D eigenvalue weighted by Crippen LogP contribution is -2.19. The minimum absolute atomic E-state index is 0.330. The molecule has 1 heterocycles. The number of rotatable bonds is 5. The van der Waals surface area contributed by atoms with Crippen molar-refractivity contribution >= 4 is 16.5 Å². The van der Waals surface area contributed by atoms with Gasteiger partial charge in [-0.05, 0) is 19.4 Å². The first-order valence-electron chi connectivity index (χ1n) is 5.91. The summed E-state index contributed by atoms with van der Waals surface area (Å²) in [5.41, 5.74) is 1.88. The molecule has 0 atom stereocenters. The number of methoxy groups -OCH3 is 1. The quantitative estimate of drug-likeness (QED) is 0.893. The first kappa shape index (κ1) is 13.1. The number of benzene rings is 1. The molecular weight excluding hydrogens is 244 g/mol. The molecule has 0 saturated carbocycles. The van der Waals surface area contributed by atoms with Crippen LogP contribution in [0.4, 0.5) is 5.13 Å². The van der Waals surface area contributed by atoms with Crippen LogP contribution in [0.15, 0.2) is 35.7 Å². The van der Waals surface area contributed by atoms with Gasteiger partial charge in [-0.1, -0.05) is 30.3 Å². The Hall–Kier alpha value is -1.39. The Labute approximate surface area is 112 Å². The van der Waals surface area contributed by atoms with Crippen LogP contribution in [-0.4, -0.2) is 12.1 Å². The maximum Gasteiger partial charge on any atom is 0.183 e. The van der Waals surface area contributed by atoms with E-state index in [-0.39, 0.29) is 5.60 Å². The van der Waals surface area contributed by atoms with Crippen molar-refractivity contribution in [3.05, 3.63) is 47.0 Å². The third kappa shape index (κ3) is 3.09. The lowest BCUT2D eigenvalue weighted by molar-refractivity contribution is 0.0161. The van der Waals surface area contributed by atoms with Gasteiger partial charge in [0.2, 0.25) is 0 Å². The molecule has 1 N–H and O–H groups in total. The van der Waals surface area contributed by atoms with Gasteiger partial charge in [0, 0.05) is 19.0 Å². The summed E-state index contributed by atoms with van der Waals surface area (Å²) in [6.45, 7) is 4.83. The highest BCUT2D eigenvalue weighted by Crippen LogP contribution is 2.27. The van der Waals surface area contributed by atoms with Crippen molar-refractivity contribution in [1.82, 2.24) is 4.98 Å². The van der Waals surface area contributed by atoms with Gasteiger partial charge in [0.1, 0.15) is 5.60 Å². The number of nitrogens with one attached hydrogen (secondary N) is 1. The highest BCUT2D eigenvalue weighted by Gasteiger charge is 2.22. The second-order valence-corrected chi connectivity index (χ2v) is 5.45. The monoisotopic (exact) mass is 262 g/mol. The SMILES string of the molecule is COC(C)(C)c1csc(NCc2ccccc2)n1. The summed E-state index contributed by atoms with van der Waals surface area (Å²) in [5, 5.41) is 6.30. The average Bonchev–Trinajstić information content (AvgIpc) is 2.87. The molecule has 0 spiro atoms. The molecule has 0 bridgehead atoms. The minimum Gasteiger partial charge on any atom is -0.372 e. The second-order valence-electron chi connectivity index (χ2n) is 4.59. The molecule has 0 aliphatic heterocycles. The summed E-state index contributed by atoms with van der Waals surface area (Å²) < 4.78 is 5.42. The molecule has 96 valence electrons. The molecular formula is C14H18N2OS. The summed E-state index contributed by atoms with van der Waals surface area (Å²) >= 11 is 1.61. The first-order chi connectivity index (χ1) is 8.62. The average molecular weight is 262 g/mol. The highest BCUT2D eigenvalue weighted by molar-refractivity contribution is 7.13. The number of hydrogen-bond donors (Lipinski definition) is 1. The third-order valence-electron chi connectivity index (χ3n) is 2.92. The van der Waals surface area contributed by atoms with Crippen LogP contribution in [0, 0.1) is 0 Å². The van der Waals surface area contributed by atoms with Gasteiger partial charge in [0.05, 0.1) is 5.69 Å². The Balaban J connectivity index is 1.99. The van der Waals surface area contributed by atoms with Gasteiger partial charge in [-0.3, -0.25) is 0 Å². The van der Waals surface area contributed by atoms with Gasteiger partial charge >= 0.3 is 0 Å². The standard InChI is InChI=1S/C14H18N2OS/c1-14(2,17-3)12-10-18-13(16-12)15-9-11-7-5-4-6-8-11/h4-8,10H,9H2,1-3H3,(H,15,16). The number of hydrogen-bond acceptors (Lipinski definition) is 4. The van der Waals surface area contributed by atoms with Gasteiger partial charge in [0.15, 0.2) is 5.13 Å². The second kappa shape index (κ2) is 5.50. The maximum atomic E-state index is 5.42. The van der Waals surface area contributed by atoms with Gasteiger partial charge < -0.3 is 10.1 Å². The smallest absolute Gasteiger partial charge is 0.183 e. The number of aromatic nitrogens is 1. The molecule has 2 rings (SSSR count). The molecule has 2 aromatic rings. The van der Waals surface area contributed by atoms with Crippen LogP contribution in [0.5, 0.6) is 0 Å². The maximum absolute atomic E-state index is 5.42. The normalized spacial score (nSPS) is 11.5. The molecule has 3 nitrogen and oxygen atoms in total. The molecule has 0 unspecified atom stereocenters. The first-order valence-corrected chi connectivity index (χ1v) is 6.79. The molecule has 0 amide bonds. The van der Waals surface area contributed by atoms with E-state index in [2.05, 4.69) is 22.4 Å². The van der Waals surface area contributed by atoms with E-state index in [9.17, 15) is 0 Å². The van der Waals surface area contributed by atoms with E-state index in [0.717, 1.165) is 17.4 Å². The Morgan fingerprint density at radius 1 is 1.28 bits per heavy atom. The molecule has 0 aliphatic rings. The zero-order valence-electron chi connectivity index (χ0n) is 10.9. The van der Waals surface area contributed by atoms with Crippen molar-refractivity contribution in [3.63, 3.8) is 0 Å². The van der Waals surface area contributed by atoms with E-state index in [0.29, 0.717) is 0 Å². The van der Waals surface area contributed by atoms with Gasteiger partial charge in [0.25, 0.3) is 0 Å². The molecule has 18 heavy (non-hydrogen) atoms. The van der Waals surface area contributed by atoms with Crippen molar-refractivity contribution in [1.29, 1.82) is 0 Å². The van der Waals surface area contributed by atoms with Crippen molar-refractivity contribution < 1.29 is 4.74 Å². The molecule has 4 heteroatoms. The minimum atomic E-state index is -0.330. The summed E-state index contributed by atoms with van der Waals surface area (Å²) in [6, 6.07) is 10.3. The fourth-order valence-electron chi connectivity index (χ4n) is 1.51. The number of ether oxygens (including phenoxy) is 1. The van der Waals surface area contributed by atoms with E-state index < -0.39 is 0 Å². The Bertz CT molecular complexity index is 494. The van der Waals surface area contributed by atoms with Crippen LogP contribution in [0.2, 0.25) is 0 Å². The molecule has 1 aromatic heterocycles. The van der Waals surface area contributed by atoms with Gasteiger partial charge in [-0.15, -0.1) is 11.3 Å². The van der Waals surface area contributed by atoms with Crippen LogP contribution in [0.1, 0.15) is 25.1 Å². The van der Waals surface area contributed by atoms with E-state index in [1.165, 1.54) is 5.56 Å². The molecule has 0 fully saturated rings. The Kier molecular flexibility index (Phi) is 3.99. The van der Waals surface area contributed by atoms with Crippen molar-refractivity contribution in [3.8, 4) is 0 Å². The molecule has 0 aliphatic carbocycles. The zero-order chi connectivity index (χ0) is 13.0. The Morgan fingerprint density at radius 2 is 2.00 bits per heavy atom. The van der Waals surface area contributed by atoms with Gasteiger partial charge in [-0.25, -0.2) is 4.98 Å². The van der Waals surface area contributed by atoms with Crippen LogP contribution >= 0.6 is 11.3 Å². The van der Waals surface area contributed by atoms with Crippen molar-refractivity contribution in [2.45, 2.75) is 26.0 Å². The summed E-state index contributed by atoms with van der Waals surface area (Å²) in [4.78, 5) is 4.55. The van der Waals surface area contributed by atoms with E-state index in [1.807, 2.05) is 37.4 Å². The lowest BCUT2D eigenvalue weighted by Gasteiger charge is -2.19. The number of thiazole rings is 1. The van der Waals surface area contributed by atoms with Gasteiger partial charge in [-0.2, -0.15) is 0 Å². The van der Waals surface area contributed by atoms with Crippen LogP contribution in [-0.2, 0) is 16.9 Å². The summed E-state index contributed by atoms with van der Waals surface area (Å²) in [5.74, 6) is 0. The lowest BCUT2D eigenvalue weighted by atomic mass is 10.1. The van der Waals surface area contributed by atoms with Crippen LogP contribution in [0.25, 0.3) is 0 Å². The van der Waals surface area contributed by atoms with Crippen LogP contribution in [0.3, 0.4) is 0 Å². The molecule has 1 aromatic carbocycles. The highest BCUT2D eigenvalue weighted by atomic mass is 32.1. The fraction of sp³-hybridized carbons (Fsp3) is 0.357. The van der Waals surface area contributed by atoms with Crippen LogP contribution < -0.4 is 5.32 Å². The summed E-state index contributed by atoms with van der Waals surface area (Å²) in [6.07, 6.45) is 0. The summed E-state index contributed by atoms with van der Waals surface area (Å²) in [7, 11) is 1.70.